The Hall–Kier alpha value is -0.870. The van der Waals surface area contributed by atoms with E-state index < -0.39 is 0 Å². The van der Waals surface area contributed by atoms with E-state index in [9.17, 15) is 0 Å². The maximum Gasteiger partial charge on any atom is 0.135 e. The van der Waals surface area contributed by atoms with E-state index in [1.54, 1.807) is 13.2 Å². The average molecular weight is 284 g/mol. The zero-order valence-electron chi connectivity index (χ0n) is 11.9. The van der Waals surface area contributed by atoms with Crippen LogP contribution < -0.4 is 5.32 Å². The van der Waals surface area contributed by atoms with Gasteiger partial charge in [0.25, 0.3) is 0 Å². The smallest absolute Gasteiger partial charge is 0.135 e. The second kappa shape index (κ2) is 6.06. The number of anilines is 1. The van der Waals surface area contributed by atoms with Gasteiger partial charge in [-0.05, 0) is 24.7 Å². The lowest BCUT2D eigenvalue weighted by Crippen LogP contribution is -2.25. The van der Waals surface area contributed by atoms with Crippen LogP contribution in [0.25, 0.3) is 0 Å². The summed E-state index contributed by atoms with van der Waals surface area (Å²) in [6, 6.07) is 1.79. The van der Waals surface area contributed by atoms with Gasteiger partial charge in [0, 0.05) is 32.2 Å². The molecule has 1 aliphatic carbocycles. The van der Waals surface area contributed by atoms with Gasteiger partial charge in [-0.15, -0.1) is 0 Å². The van der Waals surface area contributed by atoms with Crippen LogP contribution in [0.1, 0.15) is 44.9 Å². The summed E-state index contributed by atoms with van der Waals surface area (Å²) in [7, 11) is 1.73. The topological polar surface area (TPSA) is 47.0 Å². The predicted octanol–water partition coefficient (Wildman–Crippen LogP) is 3.48. The fourth-order valence-corrected chi connectivity index (χ4v) is 2.04. The minimum atomic E-state index is 0.160. The van der Waals surface area contributed by atoms with Crippen LogP contribution in [0.3, 0.4) is 0 Å². The predicted molar refractivity (Wildman–Crippen MR) is 77.8 cm³/mol. The highest BCUT2D eigenvalue weighted by atomic mass is 35.5. The van der Waals surface area contributed by atoms with Crippen LogP contribution in [0, 0.1) is 5.41 Å². The molecule has 0 bridgehead atoms. The summed E-state index contributed by atoms with van der Waals surface area (Å²) in [6.07, 6.45) is 3.36. The molecule has 1 heterocycles. The van der Waals surface area contributed by atoms with Crippen molar-refractivity contribution in [2.75, 3.05) is 25.6 Å². The van der Waals surface area contributed by atoms with Crippen molar-refractivity contribution in [2.45, 2.75) is 39.0 Å². The molecular formula is C14H22ClN3O. The van der Waals surface area contributed by atoms with Gasteiger partial charge in [0.2, 0.25) is 0 Å². The van der Waals surface area contributed by atoms with Gasteiger partial charge in [-0.2, -0.15) is 0 Å². The van der Waals surface area contributed by atoms with E-state index in [0.29, 0.717) is 11.1 Å². The first-order valence-electron chi connectivity index (χ1n) is 6.77. The fraction of sp³-hybridized carbons (Fsp3) is 0.714. The molecular weight excluding hydrogens is 262 g/mol. The highest BCUT2D eigenvalue weighted by Gasteiger charge is 2.27. The Kier molecular flexibility index (Phi) is 4.63. The van der Waals surface area contributed by atoms with Crippen molar-refractivity contribution >= 4 is 17.4 Å². The number of hydrogen-bond donors (Lipinski definition) is 1. The maximum atomic E-state index is 6.04. The van der Waals surface area contributed by atoms with Gasteiger partial charge in [-0.25, -0.2) is 9.97 Å². The van der Waals surface area contributed by atoms with Crippen LogP contribution in [0.4, 0.5) is 5.82 Å². The highest BCUT2D eigenvalue weighted by Crippen LogP contribution is 2.38. The molecule has 0 unspecified atom stereocenters. The fourth-order valence-electron chi connectivity index (χ4n) is 1.85. The second-order valence-corrected chi connectivity index (χ2v) is 6.36. The summed E-state index contributed by atoms with van der Waals surface area (Å²) in [5, 5.41) is 3.89. The minimum Gasteiger partial charge on any atom is -0.385 e. The molecule has 2 rings (SSSR count). The van der Waals surface area contributed by atoms with E-state index in [-0.39, 0.29) is 5.41 Å². The van der Waals surface area contributed by atoms with Crippen LogP contribution in [0.2, 0.25) is 5.15 Å². The number of halogens is 1. The molecule has 106 valence electrons. The molecule has 1 fully saturated rings. The summed E-state index contributed by atoms with van der Waals surface area (Å²) < 4.78 is 5.13. The molecule has 0 aromatic carbocycles. The largest absolute Gasteiger partial charge is 0.385 e. The minimum absolute atomic E-state index is 0.160. The van der Waals surface area contributed by atoms with Crippen LogP contribution in [0.15, 0.2) is 6.07 Å². The van der Waals surface area contributed by atoms with E-state index in [1.165, 1.54) is 12.8 Å². The van der Waals surface area contributed by atoms with E-state index >= 15 is 0 Å². The van der Waals surface area contributed by atoms with Gasteiger partial charge in [0.05, 0.1) is 0 Å². The standard InChI is InChI=1S/C14H22ClN3O/c1-14(2,6-7-19-3)9-16-12-8-11(15)17-13(18-12)10-4-5-10/h8,10H,4-7,9H2,1-3H3,(H,16,17,18). The van der Waals surface area contributed by atoms with E-state index in [1.807, 2.05) is 0 Å². The summed E-state index contributed by atoms with van der Waals surface area (Å²) >= 11 is 6.04. The average Bonchev–Trinajstić information content (AvgIpc) is 3.18. The van der Waals surface area contributed by atoms with Crippen molar-refractivity contribution in [2.24, 2.45) is 5.41 Å². The van der Waals surface area contributed by atoms with Crippen molar-refractivity contribution in [3.8, 4) is 0 Å². The van der Waals surface area contributed by atoms with Crippen molar-refractivity contribution < 1.29 is 4.74 Å². The Morgan fingerprint density at radius 1 is 1.42 bits per heavy atom. The van der Waals surface area contributed by atoms with Gasteiger partial charge in [0.1, 0.15) is 16.8 Å². The first-order valence-corrected chi connectivity index (χ1v) is 7.15. The Bertz CT molecular complexity index is 433. The van der Waals surface area contributed by atoms with Crippen LogP contribution >= 0.6 is 11.6 Å². The molecule has 1 saturated carbocycles. The molecule has 0 saturated heterocycles. The molecule has 19 heavy (non-hydrogen) atoms. The van der Waals surface area contributed by atoms with Crippen molar-refractivity contribution in [3.63, 3.8) is 0 Å². The summed E-state index contributed by atoms with van der Waals surface area (Å²) in [5.74, 6) is 2.22. The molecule has 1 aromatic rings. The first kappa shape index (κ1) is 14.5. The first-order chi connectivity index (χ1) is 9.00. The van der Waals surface area contributed by atoms with Crippen molar-refractivity contribution in [1.29, 1.82) is 0 Å². The number of nitrogens with zero attached hydrogens (tertiary/aromatic N) is 2. The van der Waals surface area contributed by atoms with Crippen molar-refractivity contribution in [1.82, 2.24) is 9.97 Å². The Balaban J connectivity index is 1.95. The van der Waals surface area contributed by atoms with Gasteiger partial charge >= 0.3 is 0 Å². The Morgan fingerprint density at radius 3 is 2.79 bits per heavy atom. The van der Waals surface area contributed by atoms with Gasteiger partial charge in [0.15, 0.2) is 0 Å². The molecule has 1 aliphatic rings. The van der Waals surface area contributed by atoms with Crippen LogP contribution in [-0.4, -0.2) is 30.2 Å². The lowest BCUT2D eigenvalue weighted by atomic mass is 9.90. The number of hydrogen-bond acceptors (Lipinski definition) is 4. The molecule has 0 radical (unpaired) electrons. The number of methoxy groups -OCH3 is 1. The van der Waals surface area contributed by atoms with Gasteiger partial charge in [-0.3, -0.25) is 0 Å². The highest BCUT2D eigenvalue weighted by molar-refractivity contribution is 6.29. The third-order valence-electron chi connectivity index (χ3n) is 3.39. The molecule has 5 heteroatoms. The molecule has 1 aromatic heterocycles. The monoisotopic (exact) mass is 283 g/mol. The van der Waals surface area contributed by atoms with E-state index in [4.69, 9.17) is 16.3 Å². The molecule has 0 spiro atoms. The van der Waals surface area contributed by atoms with Gasteiger partial charge < -0.3 is 10.1 Å². The third kappa shape index (κ3) is 4.62. The molecule has 1 N–H and O–H groups in total. The third-order valence-corrected chi connectivity index (χ3v) is 3.58. The normalized spacial score (nSPS) is 15.6. The SMILES string of the molecule is COCCC(C)(C)CNc1cc(Cl)nc(C2CC2)n1. The number of rotatable bonds is 7. The van der Waals surface area contributed by atoms with E-state index in [2.05, 4.69) is 29.1 Å². The lowest BCUT2D eigenvalue weighted by Gasteiger charge is -2.25. The molecule has 0 amide bonds. The number of aromatic nitrogens is 2. The number of nitrogens with one attached hydrogen (secondary N) is 1. The maximum absolute atomic E-state index is 6.04. The van der Waals surface area contributed by atoms with Crippen LogP contribution in [-0.2, 0) is 4.74 Å². The Labute approximate surface area is 119 Å². The molecule has 0 atom stereocenters. The zero-order valence-corrected chi connectivity index (χ0v) is 12.6. The summed E-state index contributed by atoms with van der Waals surface area (Å²) in [4.78, 5) is 8.83. The lowest BCUT2D eigenvalue weighted by molar-refractivity contribution is 0.157. The van der Waals surface area contributed by atoms with E-state index in [0.717, 1.165) is 31.2 Å². The number of ether oxygens (including phenoxy) is 1. The second-order valence-electron chi connectivity index (χ2n) is 5.97. The quantitative estimate of drug-likeness (QED) is 0.778. The summed E-state index contributed by atoms with van der Waals surface area (Å²) in [6.45, 7) is 6.04. The molecule has 4 nitrogen and oxygen atoms in total. The van der Waals surface area contributed by atoms with Crippen LogP contribution in [0.5, 0.6) is 0 Å². The molecule has 0 aliphatic heterocycles. The zero-order chi connectivity index (χ0) is 13.9. The van der Waals surface area contributed by atoms with Gasteiger partial charge in [-0.1, -0.05) is 25.4 Å². The van der Waals surface area contributed by atoms with Crippen molar-refractivity contribution in [3.05, 3.63) is 17.0 Å². The summed E-state index contributed by atoms with van der Waals surface area (Å²) in [5.41, 5.74) is 0.160. The Morgan fingerprint density at radius 2 is 2.16 bits per heavy atom.